The zero-order chi connectivity index (χ0) is 16.5. The van der Waals surface area contributed by atoms with Gasteiger partial charge in [-0.3, -0.25) is 4.79 Å². The smallest absolute Gasteiger partial charge is 0.220 e. The van der Waals surface area contributed by atoms with Gasteiger partial charge in [-0.05, 0) is 50.0 Å². The van der Waals surface area contributed by atoms with Crippen LogP contribution < -0.4 is 20.1 Å². The largest absolute Gasteiger partial charge is 0.493 e. The lowest BCUT2D eigenvalue weighted by molar-refractivity contribution is -0.120. The molecule has 24 heavy (non-hydrogen) atoms. The van der Waals surface area contributed by atoms with Crippen molar-refractivity contribution in [1.29, 1.82) is 0 Å². The second kappa shape index (κ2) is 11.4. The van der Waals surface area contributed by atoms with Crippen LogP contribution in [-0.2, 0) is 4.79 Å². The third kappa shape index (κ3) is 6.79. The van der Waals surface area contributed by atoms with Gasteiger partial charge in [-0.25, -0.2) is 0 Å². The molecule has 1 aliphatic heterocycles. The van der Waals surface area contributed by atoms with Crippen LogP contribution in [0.15, 0.2) is 23.1 Å². The van der Waals surface area contributed by atoms with E-state index in [1.165, 1.54) is 12.8 Å². The number of piperidine rings is 1. The molecule has 0 aromatic heterocycles. The molecule has 136 valence electrons. The van der Waals surface area contributed by atoms with Crippen molar-refractivity contribution in [2.45, 2.75) is 24.2 Å². The Bertz CT molecular complexity index is 511. The van der Waals surface area contributed by atoms with Gasteiger partial charge in [0.25, 0.3) is 0 Å². The Kier molecular flexibility index (Phi) is 9.98. The van der Waals surface area contributed by atoms with E-state index in [1.807, 2.05) is 18.2 Å². The Balaban J connectivity index is 0.00000288. The third-order valence-corrected chi connectivity index (χ3v) is 4.94. The highest BCUT2D eigenvalue weighted by Crippen LogP contribution is 2.31. The van der Waals surface area contributed by atoms with Crippen LogP contribution in [0.5, 0.6) is 11.5 Å². The molecule has 1 amide bonds. The third-order valence-electron chi connectivity index (χ3n) is 3.94. The number of thioether (sulfide) groups is 1. The highest BCUT2D eigenvalue weighted by atomic mass is 35.5. The molecule has 1 saturated heterocycles. The maximum Gasteiger partial charge on any atom is 0.220 e. The van der Waals surface area contributed by atoms with Gasteiger partial charge in [-0.2, -0.15) is 0 Å². The summed E-state index contributed by atoms with van der Waals surface area (Å²) in [7, 11) is 3.25. The molecule has 0 aliphatic carbocycles. The van der Waals surface area contributed by atoms with Crippen LogP contribution in [0.4, 0.5) is 0 Å². The molecule has 1 atom stereocenters. The van der Waals surface area contributed by atoms with Crippen LogP contribution in [0, 0.1) is 5.92 Å². The fourth-order valence-corrected chi connectivity index (χ4v) is 3.49. The summed E-state index contributed by atoms with van der Waals surface area (Å²) in [4.78, 5) is 13.0. The SMILES string of the molecule is COc1ccc(SCCC(=O)NCC2CCCNC2)cc1OC.Cl. The number of benzene rings is 1. The molecule has 0 spiro atoms. The van der Waals surface area contributed by atoms with E-state index in [0.29, 0.717) is 18.1 Å². The van der Waals surface area contributed by atoms with Crippen LogP contribution in [-0.4, -0.2) is 45.5 Å². The average Bonchev–Trinajstić information content (AvgIpc) is 2.60. The molecular formula is C17H27ClN2O3S. The van der Waals surface area contributed by atoms with Gasteiger partial charge < -0.3 is 20.1 Å². The van der Waals surface area contributed by atoms with Gasteiger partial charge in [-0.1, -0.05) is 0 Å². The second-order valence-corrected chi connectivity index (χ2v) is 6.80. The Morgan fingerprint density at radius 2 is 2.12 bits per heavy atom. The molecule has 7 heteroatoms. The Morgan fingerprint density at radius 3 is 2.79 bits per heavy atom. The predicted molar refractivity (Wildman–Crippen MR) is 101 cm³/mol. The Hall–Kier alpha value is -1.11. The van der Waals surface area contributed by atoms with E-state index in [1.54, 1.807) is 26.0 Å². The number of nitrogens with one attached hydrogen (secondary N) is 2. The lowest BCUT2D eigenvalue weighted by atomic mass is 10.00. The van der Waals surface area contributed by atoms with Crippen molar-refractivity contribution in [2.24, 2.45) is 5.92 Å². The number of methoxy groups -OCH3 is 2. The van der Waals surface area contributed by atoms with E-state index in [2.05, 4.69) is 10.6 Å². The first-order valence-electron chi connectivity index (χ1n) is 8.05. The van der Waals surface area contributed by atoms with E-state index < -0.39 is 0 Å². The van der Waals surface area contributed by atoms with E-state index in [9.17, 15) is 4.79 Å². The number of hydrogen-bond acceptors (Lipinski definition) is 5. The van der Waals surface area contributed by atoms with E-state index in [-0.39, 0.29) is 18.3 Å². The first-order chi connectivity index (χ1) is 11.2. The number of halogens is 1. The van der Waals surface area contributed by atoms with E-state index in [0.717, 1.165) is 36.0 Å². The first-order valence-corrected chi connectivity index (χ1v) is 9.03. The molecular weight excluding hydrogens is 348 g/mol. The van der Waals surface area contributed by atoms with Gasteiger partial charge in [0.2, 0.25) is 5.91 Å². The Morgan fingerprint density at radius 1 is 1.33 bits per heavy atom. The van der Waals surface area contributed by atoms with Crippen molar-refractivity contribution >= 4 is 30.1 Å². The normalized spacial score (nSPS) is 16.8. The summed E-state index contributed by atoms with van der Waals surface area (Å²) < 4.78 is 10.5. The maximum absolute atomic E-state index is 11.9. The molecule has 1 aromatic carbocycles. The van der Waals surface area contributed by atoms with Crippen LogP contribution in [0.3, 0.4) is 0 Å². The predicted octanol–water partition coefficient (Wildman–Crippen LogP) is 2.72. The highest BCUT2D eigenvalue weighted by molar-refractivity contribution is 7.99. The van der Waals surface area contributed by atoms with Gasteiger partial charge >= 0.3 is 0 Å². The summed E-state index contributed by atoms with van der Waals surface area (Å²) in [6.07, 6.45) is 2.93. The number of ether oxygens (including phenoxy) is 2. The van der Waals surface area contributed by atoms with Gasteiger partial charge in [0, 0.05) is 23.6 Å². The lowest BCUT2D eigenvalue weighted by Crippen LogP contribution is -2.38. The topological polar surface area (TPSA) is 59.6 Å². The van der Waals surface area contributed by atoms with Gasteiger partial charge in [0.05, 0.1) is 14.2 Å². The molecule has 0 saturated carbocycles. The molecule has 0 radical (unpaired) electrons. The zero-order valence-electron chi connectivity index (χ0n) is 14.3. The molecule has 5 nitrogen and oxygen atoms in total. The fraction of sp³-hybridized carbons (Fsp3) is 0.588. The monoisotopic (exact) mass is 374 g/mol. The van der Waals surface area contributed by atoms with Crippen LogP contribution in [0.2, 0.25) is 0 Å². The number of amides is 1. The van der Waals surface area contributed by atoms with Crippen LogP contribution >= 0.6 is 24.2 Å². The van der Waals surface area contributed by atoms with E-state index >= 15 is 0 Å². The molecule has 2 N–H and O–H groups in total. The summed E-state index contributed by atoms with van der Waals surface area (Å²) in [5.41, 5.74) is 0. The quantitative estimate of drug-likeness (QED) is 0.685. The molecule has 1 unspecified atom stereocenters. The average molecular weight is 375 g/mol. The molecule has 1 aliphatic rings. The number of carbonyl (C=O) groups is 1. The standard InChI is InChI=1S/C17H26N2O3S.ClH/c1-21-15-6-5-14(10-16(15)22-2)23-9-7-17(20)19-12-13-4-3-8-18-11-13;/h5-6,10,13,18H,3-4,7-9,11-12H2,1-2H3,(H,19,20);1H. The molecule has 1 heterocycles. The number of carbonyl (C=O) groups excluding carboxylic acids is 1. The minimum absolute atomic E-state index is 0. The van der Waals surface area contributed by atoms with Crippen molar-refractivity contribution in [3.05, 3.63) is 18.2 Å². The number of hydrogen-bond donors (Lipinski definition) is 2. The van der Waals surface area contributed by atoms with Gasteiger partial charge in [-0.15, -0.1) is 24.2 Å². The molecule has 2 rings (SSSR count). The Labute approximate surface area is 154 Å². The summed E-state index contributed by atoms with van der Waals surface area (Å²) in [5, 5.41) is 6.41. The first kappa shape index (κ1) is 20.9. The van der Waals surface area contributed by atoms with Crippen molar-refractivity contribution in [2.75, 3.05) is 39.6 Å². The molecule has 1 aromatic rings. The number of rotatable bonds is 8. The van der Waals surface area contributed by atoms with E-state index in [4.69, 9.17) is 9.47 Å². The lowest BCUT2D eigenvalue weighted by Gasteiger charge is -2.22. The van der Waals surface area contributed by atoms with Crippen LogP contribution in [0.25, 0.3) is 0 Å². The summed E-state index contributed by atoms with van der Waals surface area (Å²) in [6.45, 7) is 2.90. The van der Waals surface area contributed by atoms with Gasteiger partial charge in [0.1, 0.15) is 0 Å². The zero-order valence-corrected chi connectivity index (χ0v) is 15.9. The van der Waals surface area contributed by atoms with Crippen molar-refractivity contribution < 1.29 is 14.3 Å². The van der Waals surface area contributed by atoms with Crippen molar-refractivity contribution in [3.63, 3.8) is 0 Å². The minimum atomic E-state index is 0. The highest BCUT2D eigenvalue weighted by Gasteiger charge is 2.13. The molecule has 1 fully saturated rings. The minimum Gasteiger partial charge on any atom is -0.493 e. The van der Waals surface area contributed by atoms with Crippen molar-refractivity contribution in [1.82, 2.24) is 10.6 Å². The molecule has 0 bridgehead atoms. The summed E-state index contributed by atoms with van der Waals surface area (Å²) >= 11 is 1.65. The van der Waals surface area contributed by atoms with Crippen LogP contribution in [0.1, 0.15) is 19.3 Å². The maximum atomic E-state index is 11.9. The van der Waals surface area contributed by atoms with Gasteiger partial charge in [0.15, 0.2) is 11.5 Å². The summed E-state index contributed by atoms with van der Waals surface area (Å²) in [5.74, 6) is 2.89. The van der Waals surface area contributed by atoms with Crippen molar-refractivity contribution in [3.8, 4) is 11.5 Å². The fourth-order valence-electron chi connectivity index (χ4n) is 2.61. The second-order valence-electron chi connectivity index (χ2n) is 5.63. The summed E-state index contributed by atoms with van der Waals surface area (Å²) in [6, 6.07) is 5.81.